The summed E-state index contributed by atoms with van der Waals surface area (Å²) in [6.45, 7) is 12.9. The molecule has 0 aliphatic carbocycles. The maximum Gasteiger partial charge on any atom is 0.225 e. The fraction of sp³-hybridized carbons (Fsp3) is 0.652. The molecule has 0 saturated carbocycles. The van der Waals surface area contributed by atoms with Crippen LogP contribution < -0.4 is 15.5 Å². The monoisotopic (exact) mass is 401 g/mol. The number of rotatable bonds is 7. The van der Waals surface area contributed by atoms with Gasteiger partial charge in [0.2, 0.25) is 5.91 Å². The molecule has 0 bridgehead atoms. The molecular formula is C23H39N5O. The van der Waals surface area contributed by atoms with Crippen LogP contribution >= 0.6 is 0 Å². The minimum atomic E-state index is -0.370. The fourth-order valence-corrected chi connectivity index (χ4v) is 3.38. The number of guanidine groups is 1. The number of hydrogen-bond donors (Lipinski definition) is 2. The molecule has 1 aromatic rings. The van der Waals surface area contributed by atoms with E-state index in [4.69, 9.17) is 0 Å². The van der Waals surface area contributed by atoms with Crippen LogP contribution in [0.25, 0.3) is 0 Å². The van der Waals surface area contributed by atoms with Gasteiger partial charge in [0.25, 0.3) is 0 Å². The summed E-state index contributed by atoms with van der Waals surface area (Å²) in [4.78, 5) is 21.2. The minimum absolute atomic E-state index is 0.0554. The van der Waals surface area contributed by atoms with Crippen LogP contribution in [-0.4, -0.2) is 56.5 Å². The molecule has 0 unspecified atom stereocenters. The van der Waals surface area contributed by atoms with Crippen molar-refractivity contribution < 1.29 is 4.79 Å². The molecule has 0 atom stereocenters. The van der Waals surface area contributed by atoms with Crippen LogP contribution in [0.5, 0.6) is 0 Å². The molecule has 162 valence electrons. The maximum atomic E-state index is 12.0. The summed E-state index contributed by atoms with van der Waals surface area (Å²) in [5.74, 6) is 0.914. The molecular weight excluding hydrogens is 362 g/mol. The third-order valence-corrected chi connectivity index (χ3v) is 5.11. The first-order valence-corrected chi connectivity index (χ1v) is 10.9. The molecule has 29 heavy (non-hydrogen) atoms. The molecule has 1 aliphatic rings. The second-order valence-electron chi connectivity index (χ2n) is 8.81. The number of benzene rings is 1. The average molecular weight is 402 g/mol. The number of nitrogens with one attached hydrogen (secondary N) is 2. The lowest BCUT2D eigenvalue weighted by Gasteiger charge is -2.29. The Morgan fingerprint density at radius 2 is 1.76 bits per heavy atom. The van der Waals surface area contributed by atoms with Crippen molar-refractivity contribution >= 4 is 17.6 Å². The van der Waals surface area contributed by atoms with Gasteiger partial charge in [0.15, 0.2) is 5.96 Å². The molecule has 1 aromatic carbocycles. The van der Waals surface area contributed by atoms with Gasteiger partial charge in [0.1, 0.15) is 0 Å². The van der Waals surface area contributed by atoms with E-state index in [9.17, 15) is 4.79 Å². The largest absolute Gasteiger partial charge is 0.372 e. The van der Waals surface area contributed by atoms with Gasteiger partial charge in [-0.05, 0) is 43.9 Å². The SMILES string of the molecule is CCNC(=NCCNC(=O)C(C)(C)C)N(C)Cc1ccc(N2CCCCC2)cc1. The summed E-state index contributed by atoms with van der Waals surface area (Å²) in [6.07, 6.45) is 3.94. The van der Waals surface area contributed by atoms with Crippen LogP contribution in [0.3, 0.4) is 0 Å². The predicted octanol–water partition coefficient (Wildman–Crippen LogP) is 3.24. The quantitative estimate of drug-likeness (QED) is 0.418. The topological polar surface area (TPSA) is 60.0 Å². The molecule has 1 aliphatic heterocycles. The lowest BCUT2D eigenvalue weighted by molar-refractivity contribution is -0.128. The van der Waals surface area contributed by atoms with E-state index in [2.05, 4.69) is 56.6 Å². The van der Waals surface area contributed by atoms with Crippen LogP contribution in [0.4, 0.5) is 5.69 Å². The van der Waals surface area contributed by atoms with Gasteiger partial charge in [-0.15, -0.1) is 0 Å². The molecule has 2 rings (SSSR count). The molecule has 0 aromatic heterocycles. The Balaban J connectivity index is 1.89. The Labute approximate surface area is 176 Å². The Morgan fingerprint density at radius 1 is 1.10 bits per heavy atom. The fourth-order valence-electron chi connectivity index (χ4n) is 3.38. The van der Waals surface area contributed by atoms with E-state index in [1.807, 2.05) is 27.8 Å². The molecule has 0 spiro atoms. The Bertz CT molecular complexity index is 657. The smallest absolute Gasteiger partial charge is 0.225 e. The van der Waals surface area contributed by atoms with Crippen molar-refractivity contribution in [2.45, 2.75) is 53.5 Å². The van der Waals surface area contributed by atoms with Crippen molar-refractivity contribution in [3.63, 3.8) is 0 Å². The lowest BCUT2D eigenvalue weighted by Crippen LogP contribution is -2.40. The van der Waals surface area contributed by atoms with E-state index >= 15 is 0 Å². The van der Waals surface area contributed by atoms with Crippen LogP contribution in [-0.2, 0) is 11.3 Å². The van der Waals surface area contributed by atoms with Crippen LogP contribution in [0.2, 0.25) is 0 Å². The summed E-state index contributed by atoms with van der Waals surface area (Å²) >= 11 is 0. The van der Waals surface area contributed by atoms with Gasteiger partial charge in [-0.2, -0.15) is 0 Å². The zero-order valence-corrected chi connectivity index (χ0v) is 18.9. The van der Waals surface area contributed by atoms with E-state index in [0.29, 0.717) is 13.1 Å². The molecule has 1 heterocycles. The molecule has 1 amide bonds. The van der Waals surface area contributed by atoms with Gasteiger partial charge in [-0.3, -0.25) is 9.79 Å². The first-order chi connectivity index (χ1) is 13.8. The number of carbonyl (C=O) groups excluding carboxylic acids is 1. The van der Waals surface area contributed by atoms with E-state index in [-0.39, 0.29) is 11.3 Å². The maximum absolute atomic E-state index is 12.0. The number of aliphatic imine (C=N–C) groups is 1. The van der Waals surface area contributed by atoms with Crippen molar-refractivity contribution in [2.75, 3.05) is 44.7 Å². The summed E-state index contributed by atoms with van der Waals surface area (Å²) < 4.78 is 0. The minimum Gasteiger partial charge on any atom is -0.372 e. The second kappa shape index (κ2) is 11.1. The standard InChI is InChI=1S/C23H39N5O/c1-6-24-22(26-15-14-25-21(29)23(2,3)4)27(5)18-19-10-12-20(13-11-19)28-16-8-7-9-17-28/h10-13H,6-9,14-18H2,1-5H3,(H,24,26)(H,25,29). The highest BCUT2D eigenvalue weighted by atomic mass is 16.2. The number of nitrogens with zero attached hydrogens (tertiary/aromatic N) is 3. The van der Waals surface area contributed by atoms with Crippen LogP contribution in [0.1, 0.15) is 52.5 Å². The van der Waals surface area contributed by atoms with E-state index < -0.39 is 0 Å². The highest BCUT2D eigenvalue weighted by molar-refractivity contribution is 5.81. The zero-order chi connectivity index (χ0) is 21.3. The zero-order valence-electron chi connectivity index (χ0n) is 18.9. The van der Waals surface area contributed by atoms with Gasteiger partial charge < -0.3 is 20.4 Å². The third kappa shape index (κ3) is 7.59. The Morgan fingerprint density at radius 3 is 2.34 bits per heavy atom. The summed E-state index contributed by atoms with van der Waals surface area (Å²) in [7, 11) is 2.05. The number of piperidine rings is 1. The molecule has 0 radical (unpaired) electrons. The number of carbonyl (C=O) groups is 1. The van der Waals surface area contributed by atoms with E-state index in [1.165, 1.54) is 43.6 Å². The first-order valence-electron chi connectivity index (χ1n) is 10.9. The van der Waals surface area contributed by atoms with Crippen molar-refractivity contribution in [3.8, 4) is 0 Å². The highest BCUT2D eigenvalue weighted by Gasteiger charge is 2.20. The Hall–Kier alpha value is -2.24. The molecule has 6 nitrogen and oxygen atoms in total. The number of anilines is 1. The molecule has 6 heteroatoms. The van der Waals surface area contributed by atoms with Gasteiger partial charge >= 0.3 is 0 Å². The molecule has 1 fully saturated rings. The Kier molecular flexibility index (Phi) is 8.80. The normalized spacial score (nSPS) is 15.2. The van der Waals surface area contributed by atoms with Gasteiger partial charge in [0.05, 0.1) is 6.54 Å². The highest BCUT2D eigenvalue weighted by Crippen LogP contribution is 2.20. The van der Waals surface area contributed by atoms with Gasteiger partial charge in [0, 0.05) is 50.9 Å². The molecule has 1 saturated heterocycles. The molecule has 2 N–H and O–H groups in total. The van der Waals surface area contributed by atoms with Crippen molar-refractivity contribution in [1.29, 1.82) is 0 Å². The summed E-state index contributed by atoms with van der Waals surface area (Å²) in [5, 5.41) is 6.29. The van der Waals surface area contributed by atoms with Crippen LogP contribution in [0.15, 0.2) is 29.3 Å². The van der Waals surface area contributed by atoms with Crippen molar-refractivity contribution in [3.05, 3.63) is 29.8 Å². The average Bonchev–Trinajstić information content (AvgIpc) is 2.70. The van der Waals surface area contributed by atoms with Gasteiger partial charge in [-0.1, -0.05) is 32.9 Å². The van der Waals surface area contributed by atoms with E-state index in [0.717, 1.165) is 19.0 Å². The van der Waals surface area contributed by atoms with E-state index in [1.54, 1.807) is 0 Å². The number of hydrogen-bond acceptors (Lipinski definition) is 3. The van der Waals surface area contributed by atoms with Crippen molar-refractivity contribution in [1.82, 2.24) is 15.5 Å². The second-order valence-corrected chi connectivity index (χ2v) is 8.81. The third-order valence-electron chi connectivity index (χ3n) is 5.11. The first kappa shape index (κ1) is 23.0. The lowest BCUT2D eigenvalue weighted by atomic mass is 9.96. The van der Waals surface area contributed by atoms with Crippen molar-refractivity contribution in [2.24, 2.45) is 10.4 Å². The summed E-state index contributed by atoms with van der Waals surface area (Å²) in [5.41, 5.74) is 2.22. The summed E-state index contributed by atoms with van der Waals surface area (Å²) in [6, 6.07) is 8.91. The predicted molar refractivity (Wildman–Crippen MR) is 122 cm³/mol. The van der Waals surface area contributed by atoms with Gasteiger partial charge in [-0.25, -0.2) is 0 Å². The van der Waals surface area contributed by atoms with Crippen LogP contribution in [0, 0.1) is 5.41 Å². The number of amides is 1.